The second-order valence-electron chi connectivity index (χ2n) is 12.1. The van der Waals surface area contributed by atoms with E-state index in [0.717, 1.165) is 28.9 Å². The molecule has 1 spiro atoms. The van der Waals surface area contributed by atoms with Crippen LogP contribution in [-0.2, 0) is 19.1 Å². The van der Waals surface area contributed by atoms with Crippen LogP contribution in [0.2, 0.25) is 0 Å². The molecular formula is C34H39N3O5. The third kappa shape index (κ3) is 4.31. The van der Waals surface area contributed by atoms with E-state index in [4.69, 9.17) is 4.74 Å². The highest BCUT2D eigenvalue weighted by molar-refractivity contribution is 6.08. The molecule has 2 aromatic rings. The fourth-order valence-electron chi connectivity index (χ4n) is 7.60. The molecule has 42 heavy (non-hydrogen) atoms. The number of aliphatic hydroxyl groups is 1. The normalized spacial score (nSPS) is 30.3. The fourth-order valence-corrected chi connectivity index (χ4v) is 7.60. The number of hydrogen-bond donors (Lipinski definition) is 1. The predicted molar refractivity (Wildman–Crippen MR) is 161 cm³/mol. The number of fused-ring (bicyclic) bond motifs is 2. The molecule has 2 aromatic carbocycles. The van der Waals surface area contributed by atoms with Gasteiger partial charge in [0, 0.05) is 37.6 Å². The van der Waals surface area contributed by atoms with Gasteiger partial charge in [0.2, 0.25) is 11.8 Å². The van der Waals surface area contributed by atoms with E-state index in [2.05, 4.69) is 0 Å². The standard InChI is InChI=1S/C34H39N3O5/c1-23-13-10-14-24(2)28(23)36-21-12-18-34-27(31(40)37(29(34)32(36)41)19-8-5-9-22-38)26-30(39)35(25-15-6-4-7-16-25)20-11-17-33(26,3)42-34/h4,6-7,10-18,26-27,29,38H,5,8-9,19-22H2,1-3H3/t26-,27-,29?,33+,34-/m0/s1. The number of amides is 3. The number of carbonyl (C=O) groups is 3. The van der Waals surface area contributed by atoms with Crippen molar-refractivity contribution in [2.75, 3.05) is 36.0 Å². The first kappa shape index (κ1) is 28.4. The van der Waals surface area contributed by atoms with Crippen molar-refractivity contribution < 1.29 is 24.2 Å². The summed E-state index contributed by atoms with van der Waals surface area (Å²) in [4.78, 5) is 48.8. The van der Waals surface area contributed by atoms with E-state index in [1.807, 2.05) is 93.6 Å². The molecule has 4 heterocycles. The van der Waals surface area contributed by atoms with Crippen LogP contribution in [0.5, 0.6) is 0 Å². The van der Waals surface area contributed by atoms with E-state index < -0.39 is 29.1 Å². The van der Waals surface area contributed by atoms with Crippen molar-refractivity contribution in [1.82, 2.24) is 4.90 Å². The monoisotopic (exact) mass is 569 g/mol. The molecule has 220 valence electrons. The zero-order valence-electron chi connectivity index (χ0n) is 24.5. The molecule has 3 amide bonds. The van der Waals surface area contributed by atoms with Gasteiger partial charge in [-0.25, -0.2) is 0 Å². The van der Waals surface area contributed by atoms with Crippen LogP contribution < -0.4 is 9.80 Å². The lowest BCUT2D eigenvalue weighted by atomic mass is 9.74. The minimum Gasteiger partial charge on any atom is -0.396 e. The number of nitrogens with zero attached hydrogens (tertiary/aromatic N) is 3. The van der Waals surface area contributed by atoms with Gasteiger partial charge in [-0.05, 0) is 63.3 Å². The maximum Gasteiger partial charge on any atom is 0.253 e. The average molecular weight is 570 g/mol. The van der Waals surface area contributed by atoms with Crippen LogP contribution in [-0.4, -0.2) is 71.2 Å². The SMILES string of the molecule is Cc1cccc(C)c1N1CC=C[C@]23O[C@]4(C)C=CCN(c5ccccc5)C(=O)[C@@H]4[C@H]2C(=O)N(CCCCCO)C3C1=O. The first-order chi connectivity index (χ1) is 20.2. The molecule has 1 N–H and O–H groups in total. The zero-order valence-corrected chi connectivity index (χ0v) is 24.5. The molecule has 2 fully saturated rings. The summed E-state index contributed by atoms with van der Waals surface area (Å²) in [7, 11) is 0. The number of aliphatic hydroxyl groups excluding tert-OH is 1. The maximum atomic E-state index is 14.7. The number of para-hydroxylation sites is 2. The lowest BCUT2D eigenvalue weighted by Crippen LogP contribution is -2.56. The zero-order chi connectivity index (χ0) is 29.6. The highest BCUT2D eigenvalue weighted by Gasteiger charge is 2.74. The number of rotatable bonds is 7. The molecule has 0 bridgehead atoms. The molecule has 0 radical (unpaired) electrons. The summed E-state index contributed by atoms with van der Waals surface area (Å²) < 4.78 is 6.96. The Morgan fingerprint density at radius 1 is 0.810 bits per heavy atom. The highest BCUT2D eigenvalue weighted by Crippen LogP contribution is 2.58. The van der Waals surface area contributed by atoms with E-state index in [9.17, 15) is 19.5 Å². The minimum absolute atomic E-state index is 0.0750. The Morgan fingerprint density at radius 3 is 2.21 bits per heavy atom. The van der Waals surface area contributed by atoms with Crippen LogP contribution in [0.4, 0.5) is 11.4 Å². The Morgan fingerprint density at radius 2 is 1.50 bits per heavy atom. The third-order valence-electron chi connectivity index (χ3n) is 9.39. The molecule has 2 saturated heterocycles. The van der Waals surface area contributed by atoms with Crippen LogP contribution in [0.25, 0.3) is 0 Å². The Kier molecular flexibility index (Phi) is 7.31. The number of unbranched alkanes of at least 4 members (excludes halogenated alkanes) is 2. The number of aryl methyl sites for hydroxylation is 2. The second kappa shape index (κ2) is 10.8. The van der Waals surface area contributed by atoms with Crippen molar-refractivity contribution in [3.63, 3.8) is 0 Å². The minimum atomic E-state index is -1.30. The molecule has 4 aliphatic rings. The van der Waals surface area contributed by atoms with E-state index in [1.54, 1.807) is 14.7 Å². The number of carbonyl (C=O) groups excluding carboxylic acids is 3. The first-order valence-corrected chi connectivity index (χ1v) is 14.9. The largest absolute Gasteiger partial charge is 0.396 e. The van der Waals surface area contributed by atoms with E-state index >= 15 is 0 Å². The summed E-state index contributed by atoms with van der Waals surface area (Å²) >= 11 is 0. The van der Waals surface area contributed by atoms with Crippen molar-refractivity contribution in [3.05, 3.63) is 84.0 Å². The summed E-state index contributed by atoms with van der Waals surface area (Å²) in [5, 5.41) is 9.33. The van der Waals surface area contributed by atoms with Crippen molar-refractivity contribution in [2.45, 2.75) is 57.3 Å². The molecule has 1 unspecified atom stereocenters. The van der Waals surface area contributed by atoms with Crippen LogP contribution in [0.3, 0.4) is 0 Å². The van der Waals surface area contributed by atoms with Crippen molar-refractivity contribution in [2.24, 2.45) is 11.8 Å². The highest BCUT2D eigenvalue weighted by atomic mass is 16.5. The van der Waals surface area contributed by atoms with Gasteiger partial charge in [-0.3, -0.25) is 14.4 Å². The van der Waals surface area contributed by atoms with Gasteiger partial charge in [0.05, 0.1) is 17.4 Å². The Hall–Kier alpha value is -3.75. The van der Waals surface area contributed by atoms with Crippen molar-refractivity contribution >= 4 is 29.1 Å². The first-order valence-electron chi connectivity index (χ1n) is 14.9. The number of ether oxygens (including phenoxy) is 1. The molecule has 5 atom stereocenters. The molecule has 8 nitrogen and oxygen atoms in total. The Balaban J connectivity index is 1.46. The van der Waals surface area contributed by atoms with Crippen LogP contribution >= 0.6 is 0 Å². The number of anilines is 2. The molecular weight excluding hydrogens is 530 g/mol. The van der Waals surface area contributed by atoms with Crippen LogP contribution in [0.1, 0.15) is 37.3 Å². The van der Waals surface area contributed by atoms with Gasteiger partial charge >= 0.3 is 0 Å². The fraction of sp³-hybridized carbons (Fsp3) is 0.441. The van der Waals surface area contributed by atoms with Crippen molar-refractivity contribution in [1.29, 1.82) is 0 Å². The van der Waals surface area contributed by atoms with Gasteiger partial charge < -0.3 is 24.5 Å². The molecule has 0 aliphatic carbocycles. The Labute approximate surface area is 247 Å². The van der Waals surface area contributed by atoms with Crippen LogP contribution in [0, 0.1) is 25.7 Å². The predicted octanol–water partition coefficient (Wildman–Crippen LogP) is 3.94. The number of benzene rings is 2. The van der Waals surface area contributed by atoms with Gasteiger partial charge in [0.25, 0.3) is 5.91 Å². The molecule has 4 aliphatic heterocycles. The third-order valence-corrected chi connectivity index (χ3v) is 9.39. The van der Waals surface area contributed by atoms with Gasteiger partial charge in [-0.15, -0.1) is 0 Å². The lowest BCUT2D eigenvalue weighted by molar-refractivity contribution is -0.144. The summed E-state index contributed by atoms with van der Waals surface area (Å²) in [5.74, 6) is -2.27. The van der Waals surface area contributed by atoms with E-state index in [-0.39, 0.29) is 24.3 Å². The lowest BCUT2D eigenvalue weighted by Gasteiger charge is -2.38. The molecule has 0 aromatic heterocycles. The van der Waals surface area contributed by atoms with Gasteiger partial charge in [-0.2, -0.15) is 0 Å². The van der Waals surface area contributed by atoms with Crippen LogP contribution in [0.15, 0.2) is 72.8 Å². The second-order valence-corrected chi connectivity index (χ2v) is 12.1. The van der Waals surface area contributed by atoms with Crippen molar-refractivity contribution in [3.8, 4) is 0 Å². The molecule has 8 heteroatoms. The van der Waals surface area contributed by atoms with E-state index in [0.29, 0.717) is 32.5 Å². The molecule has 6 rings (SSSR count). The maximum absolute atomic E-state index is 14.7. The summed E-state index contributed by atoms with van der Waals surface area (Å²) in [6.45, 7) is 6.98. The van der Waals surface area contributed by atoms with Gasteiger partial charge in [0.1, 0.15) is 11.6 Å². The topological polar surface area (TPSA) is 90.4 Å². The van der Waals surface area contributed by atoms with E-state index in [1.165, 1.54) is 0 Å². The summed E-state index contributed by atoms with van der Waals surface area (Å²) in [6.07, 6.45) is 9.65. The molecule has 0 saturated carbocycles. The Bertz CT molecular complexity index is 1430. The smallest absolute Gasteiger partial charge is 0.253 e. The van der Waals surface area contributed by atoms with Gasteiger partial charge in [-0.1, -0.05) is 60.7 Å². The number of hydrogen-bond acceptors (Lipinski definition) is 5. The number of likely N-dealkylation sites (tertiary alicyclic amines) is 1. The van der Waals surface area contributed by atoms with Gasteiger partial charge in [0.15, 0.2) is 0 Å². The summed E-state index contributed by atoms with van der Waals surface area (Å²) in [6, 6.07) is 14.5. The average Bonchev–Trinajstić information content (AvgIpc) is 3.23. The summed E-state index contributed by atoms with van der Waals surface area (Å²) in [5.41, 5.74) is 1.18. The quantitative estimate of drug-likeness (QED) is 0.403.